The van der Waals surface area contributed by atoms with Crippen LogP contribution in [0.25, 0.3) is 12.2 Å². The van der Waals surface area contributed by atoms with Crippen molar-refractivity contribution in [2.75, 3.05) is 10.6 Å². The highest BCUT2D eigenvalue weighted by Crippen LogP contribution is 2.31. The van der Waals surface area contributed by atoms with Crippen LogP contribution in [0.1, 0.15) is 25.0 Å². The van der Waals surface area contributed by atoms with Crippen molar-refractivity contribution < 1.29 is 23.9 Å². The van der Waals surface area contributed by atoms with Crippen LogP contribution in [-0.4, -0.2) is 29.9 Å². The number of nitriles is 1. The van der Waals surface area contributed by atoms with E-state index < -0.39 is 18.1 Å². The maximum Gasteiger partial charge on any atom is 0.265 e. The van der Waals surface area contributed by atoms with Crippen LogP contribution in [-0.2, 0) is 14.4 Å². The average Bonchev–Trinajstić information content (AvgIpc) is 2.78. The maximum absolute atomic E-state index is 11.4. The molecule has 2 aliphatic rings. The van der Waals surface area contributed by atoms with Crippen LogP contribution >= 0.6 is 0 Å². The Labute approximate surface area is 190 Å². The molecular formula is C24H22N4O5. The van der Waals surface area contributed by atoms with E-state index >= 15 is 0 Å². The Bertz CT molecular complexity index is 1200. The number of carbonyl (C=O) groups excluding carboxylic acids is 3. The summed E-state index contributed by atoms with van der Waals surface area (Å²) in [7, 11) is 0. The van der Waals surface area contributed by atoms with Gasteiger partial charge in [-0.05, 0) is 61.4 Å². The van der Waals surface area contributed by atoms with E-state index in [-0.39, 0.29) is 11.8 Å². The zero-order valence-electron chi connectivity index (χ0n) is 18.0. The van der Waals surface area contributed by atoms with Gasteiger partial charge in [0.1, 0.15) is 11.5 Å². The maximum atomic E-state index is 11.4. The molecule has 4 rings (SSSR count). The lowest BCUT2D eigenvalue weighted by atomic mass is 10.1. The molecule has 2 aliphatic heterocycles. The Hall–Kier alpha value is -4.58. The summed E-state index contributed by atoms with van der Waals surface area (Å²) in [4.78, 5) is 33.3. The molecule has 168 valence electrons. The standard InChI is InChI=1S/C12H12N2O3.C12H10N2O2/c1-7-12(16)14-9-4-2-8(3-5-11(13)15)6-10(9)17-7;1-8-12(15)14-10-7-9(3-2-6-13)4-5-11(10)16-8/h2-7H,1H3,(H2,13,15)(H,14,16);2-5,7-8H,1H3,(H,14,15). The number of carbonyl (C=O) groups is 3. The third kappa shape index (κ3) is 5.98. The molecule has 2 unspecified atom stereocenters. The molecule has 0 fully saturated rings. The van der Waals surface area contributed by atoms with E-state index in [2.05, 4.69) is 10.6 Å². The minimum atomic E-state index is -0.516. The Balaban J connectivity index is 0.000000186. The summed E-state index contributed by atoms with van der Waals surface area (Å²) in [5.41, 5.74) is 7.90. The van der Waals surface area contributed by atoms with Gasteiger partial charge in [0.15, 0.2) is 12.2 Å². The number of nitrogens with one attached hydrogen (secondary N) is 2. The summed E-state index contributed by atoms with van der Waals surface area (Å²) >= 11 is 0. The summed E-state index contributed by atoms with van der Waals surface area (Å²) in [5.74, 6) is 0.405. The second-order valence-corrected chi connectivity index (χ2v) is 7.21. The van der Waals surface area contributed by atoms with Gasteiger partial charge in [0, 0.05) is 12.2 Å². The van der Waals surface area contributed by atoms with Crippen molar-refractivity contribution in [1.29, 1.82) is 5.26 Å². The number of amides is 3. The van der Waals surface area contributed by atoms with Crippen LogP contribution in [0.15, 0.2) is 48.6 Å². The molecular weight excluding hydrogens is 424 g/mol. The molecule has 0 bridgehead atoms. The van der Waals surface area contributed by atoms with E-state index in [1.165, 1.54) is 12.2 Å². The first-order valence-electron chi connectivity index (χ1n) is 10.0. The van der Waals surface area contributed by atoms with Gasteiger partial charge in [0.05, 0.1) is 17.4 Å². The Kier molecular flexibility index (Phi) is 7.10. The number of nitrogens with zero attached hydrogens (tertiary/aromatic N) is 1. The van der Waals surface area contributed by atoms with Gasteiger partial charge in [0.25, 0.3) is 11.8 Å². The highest BCUT2D eigenvalue weighted by Gasteiger charge is 2.24. The molecule has 9 heteroatoms. The quantitative estimate of drug-likeness (QED) is 0.489. The van der Waals surface area contributed by atoms with Crippen molar-refractivity contribution in [3.8, 4) is 17.6 Å². The number of hydrogen-bond donors (Lipinski definition) is 3. The summed E-state index contributed by atoms with van der Waals surface area (Å²) in [6.45, 7) is 3.37. The number of rotatable bonds is 3. The number of hydrogen-bond acceptors (Lipinski definition) is 6. The fraction of sp³-hybridized carbons (Fsp3) is 0.167. The van der Waals surface area contributed by atoms with E-state index in [1.54, 1.807) is 56.3 Å². The summed E-state index contributed by atoms with van der Waals surface area (Å²) in [6, 6.07) is 12.5. The number of anilines is 2. The first kappa shape index (κ1) is 23.1. The molecule has 33 heavy (non-hydrogen) atoms. The largest absolute Gasteiger partial charge is 0.479 e. The lowest BCUT2D eigenvalue weighted by Gasteiger charge is -2.23. The van der Waals surface area contributed by atoms with Crippen LogP contribution in [0.4, 0.5) is 11.4 Å². The summed E-state index contributed by atoms with van der Waals surface area (Å²) < 4.78 is 10.8. The third-order valence-corrected chi connectivity index (χ3v) is 4.66. The minimum Gasteiger partial charge on any atom is -0.479 e. The van der Waals surface area contributed by atoms with Crippen LogP contribution in [0.3, 0.4) is 0 Å². The van der Waals surface area contributed by atoms with Crippen molar-refractivity contribution in [3.05, 3.63) is 59.7 Å². The lowest BCUT2D eigenvalue weighted by Crippen LogP contribution is -2.34. The fourth-order valence-electron chi connectivity index (χ4n) is 2.96. The Morgan fingerprint density at radius 1 is 0.939 bits per heavy atom. The number of primary amides is 1. The zero-order valence-corrected chi connectivity index (χ0v) is 18.0. The number of benzene rings is 2. The highest BCUT2D eigenvalue weighted by atomic mass is 16.5. The van der Waals surface area contributed by atoms with Gasteiger partial charge in [-0.3, -0.25) is 14.4 Å². The van der Waals surface area contributed by atoms with Crippen LogP contribution in [0, 0.1) is 11.3 Å². The molecule has 2 aromatic carbocycles. The molecule has 9 nitrogen and oxygen atoms in total. The van der Waals surface area contributed by atoms with Crippen LogP contribution in [0.5, 0.6) is 11.5 Å². The van der Waals surface area contributed by atoms with E-state index in [9.17, 15) is 14.4 Å². The van der Waals surface area contributed by atoms with Crippen molar-refractivity contribution in [1.82, 2.24) is 0 Å². The average molecular weight is 446 g/mol. The van der Waals surface area contributed by atoms with Gasteiger partial charge in [-0.25, -0.2) is 0 Å². The zero-order chi connectivity index (χ0) is 24.0. The number of nitrogens with two attached hydrogens (primary N) is 1. The molecule has 2 heterocycles. The van der Waals surface area contributed by atoms with Crippen molar-refractivity contribution >= 4 is 41.2 Å². The lowest BCUT2D eigenvalue weighted by molar-refractivity contribution is -0.123. The predicted molar refractivity (Wildman–Crippen MR) is 123 cm³/mol. The van der Waals surface area contributed by atoms with Gasteiger partial charge < -0.3 is 25.8 Å². The first-order valence-corrected chi connectivity index (χ1v) is 10.0. The number of allylic oxidation sites excluding steroid dienone is 1. The second-order valence-electron chi connectivity index (χ2n) is 7.21. The van der Waals surface area contributed by atoms with Crippen molar-refractivity contribution in [2.45, 2.75) is 26.1 Å². The van der Waals surface area contributed by atoms with Gasteiger partial charge in [-0.1, -0.05) is 12.1 Å². The number of ether oxygens (including phenoxy) is 2. The molecule has 3 amide bonds. The minimum absolute atomic E-state index is 0.158. The van der Waals surface area contributed by atoms with E-state index in [0.717, 1.165) is 11.1 Å². The monoisotopic (exact) mass is 446 g/mol. The predicted octanol–water partition coefficient (Wildman–Crippen LogP) is 2.85. The van der Waals surface area contributed by atoms with Crippen LogP contribution < -0.4 is 25.8 Å². The molecule has 0 radical (unpaired) electrons. The topological polar surface area (TPSA) is 144 Å². The molecule has 0 aliphatic carbocycles. The van der Waals surface area contributed by atoms with Gasteiger partial charge >= 0.3 is 0 Å². The molecule has 0 aromatic heterocycles. The third-order valence-electron chi connectivity index (χ3n) is 4.66. The van der Waals surface area contributed by atoms with E-state index in [0.29, 0.717) is 22.9 Å². The van der Waals surface area contributed by atoms with Crippen molar-refractivity contribution in [3.63, 3.8) is 0 Å². The van der Waals surface area contributed by atoms with Crippen molar-refractivity contribution in [2.24, 2.45) is 5.73 Å². The molecule has 4 N–H and O–H groups in total. The second kappa shape index (κ2) is 10.2. The summed E-state index contributed by atoms with van der Waals surface area (Å²) in [5, 5.41) is 13.9. The van der Waals surface area contributed by atoms with Gasteiger partial charge in [-0.2, -0.15) is 5.26 Å². The first-order chi connectivity index (χ1) is 15.8. The number of fused-ring (bicyclic) bond motifs is 2. The molecule has 0 saturated heterocycles. The molecule has 2 aromatic rings. The SMILES string of the molecule is CC1Oc2cc(C=CC(N)=O)ccc2NC1=O.CC1Oc2ccc(C=CC#N)cc2NC1=O. The molecule has 0 spiro atoms. The Morgan fingerprint density at radius 3 is 2.21 bits per heavy atom. The normalized spacial score (nSPS) is 18.5. The highest BCUT2D eigenvalue weighted by molar-refractivity contribution is 5.98. The fourth-order valence-corrected chi connectivity index (χ4v) is 2.96. The molecule has 0 saturated carbocycles. The van der Waals surface area contributed by atoms with E-state index in [1.807, 2.05) is 12.1 Å². The van der Waals surface area contributed by atoms with Gasteiger partial charge in [-0.15, -0.1) is 0 Å². The Morgan fingerprint density at radius 2 is 1.55 bits per heavy atom. The smallest absolute Gasteiger partial charge is 0.265 e. The van der Waals surface area contributed by atoms with Gasteiger partial charge in [0.2, 0.25) is 5.91 Å². The molecule has 2 atom stereocenters. The van der Waals surface area contributed by atoms with E-state index in [4.69, 9.17) is 20.5 Å². The van der Waals surface area contributed by atoms with Crippen LogP contribution in [0.2, 0.25) is 0 Å². The summed E-state index contributed by atoms with van der Waals surface area (Å²) in [6.07, 6.45) is 4.94.